The van der Waals surface area contributed by atoms with Crippen molar-refractivity contribution in [2.45, 2.75) is 38.5 Å². The molecule has 0 spiro atoms. The van der Waals surface area contributed by atoms with Crippen LogP contribution in [0.25, 0.3) is 11.0 Å². The molecule has 2 aromatic heterocycles. The zero-order chi connectivity index (χ0) is 20.9. The number of hydrogen-bond acceptors (Lipinski definition) is 6. The summed E-state index contributed by atoms with van der Waals surface area (Å²) in [6.45, 7) is 9.78. The van der Waals surface area contributed by atoms with Crippen molar-refractivity contribution in [3.8, 4) is 0 Å². The summed E-state index contributed by atoms with van der Waals surface area (Å²) in [5.74, 6) is 0.00616. The quantitative estimate of drug-likeness (QED) is 0.630. The molecule has 0 radical (unpaired) electrons. The first-order valence-electron chi connectivity index (χ1n) is 10.5. The van der Waals surface area contributed by atoms with E-state index in [1.54, 1.807) is 0 Å². The highest BCUT2D eigenvalue weighted by molar-refractivity contribution is 7.17. The SMILES string of the molecule is C[Si](C)(C)c1oc2ccccc2c1C[C@H]1COCCN1c1nc2c(s1)C(=O)NCC2. The molecule has 0 saturated carbocycles. The predicted molar refractivity (Wildman–Crippen MR) is 123 cm³/mol. The molecule has 2 aliphatic rings. The fourth-order valence-corrected chi connectivity index (χ4v) is 7.09. The van der Waals surface area contributed by atoms with E-state index in [1.807, 2.05) is 6.07 Å². The zero-order valence-electron chi connectivity index (χ0n) is 17.7. The Kier molecular flexibility index (Phi) is 4.95. The van der Waals surface area contributed by atoms with Gasteiger partial charge in [0.1, 0.15) is 18.5 Å². The van der Waals surface area contributed by atoms with Crippen molar-refractivity contribution < 1.29 is 13.9 Å². The lowest BCUT2D eigenvalue weighted by molar-refractivity contribution is 0.0940. The molecule has 1 atom stereocenters. The first kappa shape index (κ1) is 19.8. The number of nitrogens with zero attached hydrogens (tertiary/aromatic N) is 2. The Morgan fingerprint density at radius 3 is 2.93 bits per heavy atom. The average molecular weight is 442 g/mol. The van der Waals surface area contributed by atoms with Crippen molar-refractivity contribution in [1.29, 1.82) is 0 Å². The van der Waals surface area contributed by atoms with Crippen molar-refractivity contribution in [3.63, 3.8) is 0 Å². The van der Waals surface area contributed by atoms with E-state index in [2.05, 4.69) is 48.1 Å². The van der Waals surface area contributed by atoms with E-state index in [4.69, 9.17) is 14.1 Å². The Morgan fingerprint density at radius 1 is 1.30 bits per heavy atom. The number of ether oxygens (including phenoxy) is 1. The number of anilines is 1. The van der Waals surface area contributed by atoms with Gasteiger partial charge in [-0.1, -0.05) is 49.2 Å². The predicted octanol–water partition coefficient (Wildman–Crippen LogP) is 3.17. The number of benzene rings is 1. The highest BCUT2D eigenvalue weighted by atomic mass is 32.1. The van der Waals surface area contributed by atoms with Gasteiger partial charge in [-0.25, -0.2) is 4.98 Å². The average Bonchev–Trinajstić information content (AvgIpc) is 3.31. The van der Waals surface area contributed by atoms with Crippen molar-refractivity contribution in [3.05, 3.63) is 40.4 Å². The Hall–Kier alpha value is -2.16. The second-order valence-corrected chi connectivity index (χ2v) is 15.0. The highest BCUT2D eigenvalue weighted by Gasteiger charge is 2.33. The normalized spacial score (nSPS) is 19.8. The maximum Gasteiger partial charge on any atom is 0.263 e. The topological polar surface area (TPSA) is 67.6 Å². The molecule has 5 rings (SSSR count). The number of carbonyl (C=O) groups is 1. The van der Waals surface area contributed by atoms with Crippen LogP contribution < -0.4 is 15.6 Å². The van der Waals surface area contributed by atoms with Crippen LogP contribution in [0, 0.1) is 0 Å². The molecule has 0 unspecified atom stereocenters. The molecule has 3 aromatic rings. The van der Waals surface area contributed by atoms with E-state index < -0.39 is 8.07 Å². The summed E-state index contributed by atoms with van der Waals surface area (Å²) in [4.78, 5) is 20.2. The molecule has 8 heteroatoms. The Balaban J connectivity index is 1.52. The molecule has 6 nitrogen and oxygen atoms in total. The summed E-state index contributed by atoms with van der Waals surface area (Å²) in [6.07, 6.45) is 1.66. The second-order valence-electron chi connectivity index (χ2n) is 9.06. The molecule has 1 N–H and O–H groups in total. The van der Waals surface area contributed by atoms with Gasteiger partial charge in [0.2, 0.25) is 0 Å². The van der Waals surface area contributed by atoms with E-state index in [1.165, 1.54) is 27.7 Å². The molecule has 4 heterocycles. The lowest BCUT2D eigenvalue weighted by atomic mass is 10.0. The van der Waals surface area contributed by atoms with Crippen molar-refractivity contribution in [2.24, 2.45) is 0 Å². The molecule has 1 aromatic carbocycles. The summed E-state index contributed by atoms with van der Waals surface area (Å²) in [5, 5.41) is 6.24. The van der Waals surface area contributed by atoms with Crippen LogP contribution in [-0.4, -0.2) is 51.3 Å². The van der Waals surface area contributed by atoms with Gasteiger partial charge in [0.15, 0.2) is 5.13 Å². The van der Waals surface area contributed by atoms with Gasteiger partial charge in [0.25, 0.3) is 5.91 Å². The number of morpholine rings is 1. The summed E-state index contributed by atoms with van der Waals surface area (Å²) in [5.41, 5.74) is 3.21. The van der Waals surface area contributed by atoms with Crippen LogP contribution >= 0.6 is 11.3 Å². The van der Waals surface area contributed by atoms with Gasteiger partial charge >= 0.3 is 0 Å². The molecule has 0 aliphatic carbocycles. The minimum Gasteiger partial charge on any atom is -0.466 e. The summed E-state index contributed by atoms with van der Waals surface area (Å²) >= 11 is 1.51. The maximum atomic E-state index is 12.2. The molecule has 2 aliphatic heterocycles. The first-order valence-corrected chi connectivity index (χ1v) is 14.9. The van der Waals surface area contributed by atoms with Gasteiger partial charge in [0, 0.05) is 24.9 Å². The Bertz CT molecular complexity index is 1100. The van der Waals surface area contributed by atoms with Gasteiger partial charge in [-0.3, -0.25) is 4.79 Å². The Morgan fingerprint density at radius 2 is 2.13 bits per heavy atom. The van der Waals surface area contributed by atoms with Crippen LogP contribution in [-0.2, 0) is 17.6 Å². The van der Waals surface area contributed by atoms with E-state index in [-0.39, 0.29) is 11.9 Å². The number of hydrogen-bond donors (Lipinski definition) is 1. The number of amides is 1. The molecule has 0 bridgehead atoms. The molecule has 1 amide bonds. The molecule has 1 saturated heterocycles. The van der Waals surface area contributed by atoms with E-state index in [0.29, 0.717) is 19.8 Å². The second kappa shape index (κ2) is 7.51. The van der Waals surface area contributed by atoms with E-state index in [9.17, 15) is 4.79 Å². The lowest BCUT2D eigenvalue weighted by Crippen LogP contribution is -2.48. The largest absolute Gasteiger partial charge is 0.466 e. The van der Waals surface area contributed by atoms with Gasteiger partial charge in [-0.2, -0.15) is 0 Å². The number of aromatic nitrogens is 1. The van der Waals surface area contributed by atoms with E-state index >= 15 is 0 Å². The fraction of sp³-hybridized carbons (Fsp3) is 0.455. The molecule has 1 fully saturated rings. The van der Waals surface area contributed by atoms with Crippen LogP contribution in [0.5, 0.6) is 0 Å². The number of para-hydroxylation sites is 1. The summed E-state index contributed by atoms with van der Waals surface area (Å²) in [7, 11) is -1.66. The van der Waals surface area contributed by atoms with Crippen LogP contribution in [0.15, 0.2) is 28.7 Å². The first-order chi connectivity index (χ1) is 14.4. The van der Waals surface area contributed by atoms with Gasteiger partial charge in [-0.15, -0.1) is 0 Å². The Labute approximate surface area is 181 Å². The third kappa shape index (κ3) is 3.46. The van der Waals surface area contributed by atoms with Crippen molar-refractivity contribution in [1.82, 2.24) is 10.3 Å². The number of thiazole rings is 1. The monoisotopic (exact) mass is 441 g/mol. The minimum absolute atomic E-state index is 0.00616. The van der Waals surface area contributed by atoms with Crippen LogP contribution in [0.3, 0.4) is 0 Å². The van der Waals surface area contributed by atoms with Gasteiger partial charge in [0.05, 0.1) is 30.3 Å². The van der Waals surface area contributed by atoms with Crippen LogP contribution in [0.2, 0.25) is 19.6 Å². The number of rotatable bonds is 4. The van der Waals surface area contributed by atoms with Crippen LogP contribution in [0.1, 0.15) is 20.9 Å². The number of nitrogens with one attached hydrogen (secondary N) is 1. The molecule has 30 heavy (non-hydrogen) atoms. The van der Waals surface area contributed by atoms with Gasteiger partial charge in [-0.05, 0) is 18.1 Å². The van der Waals surface area contributed by atoms with Crippen LogP contribution in [0.4, 0.5) is 5.13 Å². The number of carbonyl (C=O) groups excluding carboxylic acids is 1. The number of fused-ring (bicyclic) bond motifs is 2. The van der Waals surface area contributed by atoms with Gasteiger partial charge < -0.3 is 19.4 Å². The van der Waals surface area contributed by atoms with Crippen molar-refractivity contribution >= 4 is 46.8 Å². The minimum atomic E-state index is -1.66. The summed E-state index contributed by atoms with van der Waals surface area (Å²) in [6, 6.07) is 8.51. The highest BCUT2D eigenvalue weighted by Crippen LogP contribution is 2.32. The zero-order valence-corrected chi connectivity index (χ0v) is 19.5. The summed E-state index contributed by atoms with van der Waals surface area (Å²) < 4.78 is 12.2. The molecular weight excluding hydrogens is 414 g/mol. The fourth-order valence-electron chi connectivity index (χ4n) is 4.40. The van der Waals surface area contributed by atoms with Crippen molar-refractivity contribution in [2.75, 3.05) is 31.2 Å². The molecular formula is C22H27N3O3SSi. The third-order valence-corrected chi connectivity index (χ3v) is 8.73. The third-order valence-electron chi connectivity index (χ3n) is 5.83. The standard InChI is InChI=1S/C22H27N3O3SSi/c1-30(2,3)21-16(15-6-4-5-7-18(15)28-21)12-14-13-27-11-10-25(14)22-24-17-8-9-23-20(26)19(17)29-22/h4-7,14H,8-13H2,1-3H3,(H,23,26)/t14-/m0/s1. The van der Waals surface area contributed by atoms with E-state index in [0.717, 1.165) is 40.7 Å². The smallest absolute Gasteiger partial charge is 0.263 e. The lowest BCUT2D eigenvalue weighted by Gasteiger charge is -2.36. The molecule has 158 valence electrons. The maximum absolute atomic E-state index is 12.2. The number of furan rings is 1.